The summed E-state index contributed by atoms with van der Waals surface area (Å²) < 4.78 is 12.8. The Labute approximate surface area is 205 Å². The van der Waals surface area contributed by atoms with Crippen molar-refractivity contribution in [2.24, 2.45) is 7.05 Å². The highest BCUT2D eigenvalue weighted by atomic mass is 35.5. The fourth-order valence-corrected chi connectivity index (χ4v) is 4.85. The maximum Gasteiger partial charge on any atom is 0.341 e. The van der Waals surface area contributed by atoms with Gasteiger partial charge in [-0.1, -0.05) is 42.4 Å². The minimum atomic E-state index is -0.443. The molecular weight excluding hydrogens is 484 g/mol. The van der Waals surface area contributed by atoms with Gasteiger partial charge >= 0.3 is 5.97 Å². The number of benzene rings is 1. The quantitative estimate of drug-likeness (QED) is 0.299. The van der Waals surface area contributed by atoms with Crippen LogP contribution in [0.3, 0.4) is 0 Å². The van der Waals surface area contributed by atoms with Gasteiger partial charge in [0.1, 0.15) is 10.8 Å². The van der Waals surface area contributed by atoms with Crippen molar-refractivity contribution in [3.8, 4) is 5.75 Å². The zero-order valence-corrected chi connectivity index (χ0v) is 21.1. The van der Waals surface area contributed by atoms with Gasteiger partial charge in [-0.3, -0.25) is 4.79 Å². The van der Waals surface area contributed by atoms with Crippen LogP contribution in [0.15, 0.2) is 35.5 Å². The summed E-state index contributed by atoms with van der Waals surface area (Å²) in [5, 5.41) is 12.8. The summed E-state index contributed by atoms with van der Waals surface area (Å²) in [5.41, 5.74) is 0.378. The number of ether oxygens (including phenoxy) is 2. The number of hydrogen-bond donors (Lipinski definition) is 1. The Morgan fingerprint density at radius 3 is 2.73 bits per heavy atom. The Hall–Kier alpha value is -2.56. The van der Waals surface area contributed by atoms with E-state index in [-0.39, 0.29) is 18.3 Å². The number of carbonyl (C=O) groups excluding carboxylic acids is 2. The smallest absolute Gasteiger partial charge is 0.341 e. The van der Waals surface area contributed by atoms with E-state index in [0.717, 1.165) is 11.3 Å². The molecule has 2 heterocycles. The van der Waals surface area contributed by atoms with Gasteiger partial charge in [-0.05, 0) is 38.5 Å². The molecule has 33 heavy (non-hydrogen) atoms. The molecule has 0 saturated heterocycles. The van der Waals surface area contributed by atoms with Gasteiger partial charge in [-0.25, -0.2) is 4.79 Å². The third-order valence-electron chi connectivity index (χ3n) is 4.58. The number of amides is 1. The number of para-hydroxylation sites is 1. The molecular formula is C22H25ClN4O4S2. The minimum absolute atomic E-state index is 0.105. The first kappa shape index (κ1) is 25.1. The summed E-state index contributed by atoms with van der Waals surface area (Å²) in [5.74, 6) is 0.575. The maximum absolute atomic E-state index is 12.6. The number of thioether (sulfide) groups is 1. The number of thiophene rings is 1. The van der Waals surface area contributed by atoms with Crippen LogP contribution in [0.4, 0.5) is 5.00 Å². The predicted octanol–water partition coefficient (Wildman–Crippen LogP) is 5.14. The van der Waals surface area contributed by atoms with Crippen LogP contribution in [0.1, 0.15) is 47.9 Å². The van der Waals surface area contributed by atoms with E-state index in [2.05, 4.69) is 15.5 Å². The first-order chi connectivity index (χ1) is 15.8. The molecule has 3 rings (SSSR count). The lowest BCUT2D eigenvalue weighted by molar-refractivity contribution is -0.113. The summed E-state index contributed by atoms with van der Waals surface area (Å²) in [4.78, 5) is 25.8. The molecule has 1 unspecified atom stereocenters. The second-order valence-electron chi connectivity index (χ2n) is 6.96. The second-order valence-corrected chi connectivity index (χ2v) is 9.44. The van der Waals surface area contributed by atoms with Crippen LogP contribution in [0.25, 0.3) is 0 Å². The van der Waals surface area contributed by atoms with Gasteiger partial charge < -0.3 is 19.4 Å². The summed E-state index contributed by atoms with van der Waals surface area (Å²) in [7, 11) is 1.81. The number of aromatic nitrogens is 3. The molecule has 0 fully saturated rings. The highest BCUT2D eigenvalue weighted by Crippen LogP contribution is 2.31. The van der Waals surface area contributed by atoms with Crippen molar-refractivity contribution in [3.63, 3.8) is 0 Å². The van der Waals surface area contributed by atoms with Gasteiger partial charge in [-0.2, -0.15) is 0 Å². The van der Waals surface area contributed by atoms with Crippen LogP contribution < -0.4 is 10.1 Å². The van der Waals surface area contributed by atoms with E-state index in [1.165, 1.54) is 23.1 Å². The fraction of sp³-hybridized carbons (Fsp3) is 0.364. The number of rotatable bonds is 10. The van der Waals surface area contributed by atoms with Gasteiger partial charge in [0.2, 0.25) is 5.91 Å². The van der Waals surface area contributed by atoms with Crippen LogP contribution in [0.5, 0.6) is 5.75 Å². The topological polar surface area (TPSA) is 95.3 Å². The first-order valence-corrected chi connectivity index (χ1v) is 12.5. The molecule has 1 atom stereocenters. The highest BCUT2D eigenvalue weighted by Gasteiger charge is 2.21. The third kappa shape index (κ3) is 6.27. The largest absolute Gasteiger partial charge is 0.481 e. The minimum Gasteiger partial charge on any atom is -0.481 e. The molecule has 8 nitrogen and oxygen atoms in total. The Morgan fingerprint density at radius 2 is 2.03 bits per heavy atom. The number of carbonyl (C=O) groups is 2. The Kier molecular flexibility index (Phi) is 8.76. The number of nitrogens with one attached hydrogen (secondary N) is 1. The molecule has 0 saturated carbocycles. The van der Waals surface area contributed by atoms with Crippen molar-refractivity contribution in [2.75, 3.05) is 17.7 Å². The number of nitrogens with zero attached hydrogens (tertiary/aromatic N) is 3. The van der Waals surface area contributed by atoms with Crippen LogP contribution in [-0.2, 0) is 23.0 Å². The molecule has 176 valence electrons. The zero-order valence-electron chi connectivity index (χ0n) is 18.8. The Bertz CT molecular complexity index is 1130. The van der Waals surface area contributed by atoms with Gasteiger partial charge in [0, 0.05) is 11.9 Å². The Morgan fingerprint density at radius 1 is 1.27 bits per heavy atom. The van der Waals surface area contributed by atoms with Crippen LogP contribution in [0.2, 0.25) is 5.02 Å². The summed E-state index contributed by atoms with van der Waals surface area (Å²) in [6.45, 7) is 5.86. The van der Waals surface area contributed by atoms with E-state index in [1.54, 1.807) is 29.7 Å². The zero-order chi connectivity index (χ0) is 24.0. The van der Waals surface area contributed by atoms with Crippen LogP contribution in [0, 0.1) is 0 Å². The molecule has 0 spiro atoms. The monoisotopic (exact) mass is 508 g/mol. The maximum atomic E-state index is 12.6. The van der Waals surface area contributed by atoms with Crippen molar-refractivity contribution in [2.45, 2.75) is 38.5 Å². The van der Waals surface area contributed by atoms with Crippen molar-refractivity contribution in [1.82, 2.24) is 14.8 Å². The predicted molar refractivity (Wildman–Crippen MR) is 131 cm³/mol. The van der Waals surface area contributed by atoms with Crippen molar-refractivity contribution in [1.29, 1.82) is 0 Å². The van der Waals surface area contributed by atoms with Gasteiger partial charge in [0.25, 0.3) is 0 Å². The third-order valence-corrected chi connectivity index (χ3v) is 7.11. The molecule has 0 aliphatic heterocycles. The number of halogens is 1. The van der Waals surface area contributed by atoms with Crippen LogP contribution in [-0.4, -0.2) is 39.0 Å². The highest BCUT2D eigenvalue weighted by molar-refractivity contribution is 7.99. The second kappa shape index (κ2) is 11.5. The van der Waals surface area contributed by atoms with Crippen molar-refractivity contribution >= 4 is 51.6 Å². The number of aryl methyl sites for hydroxylation is 1. The van der Waals surface area contributed by atoms with Gasteiger partial charge in [0.05, 0.1) is 22.9 Å². The number of anilines is 1. The molecule has 1 aromatic carbocycles. The molecule has 1 amide bonds. The lowest BCUT2D eigenvalue weighted by Gasteiger charge is -2.15. The van der Waals surface area contributed by atoms with Crippen molar-refractivity contribution < 1.29 is 19.1 Å². The van der Waals surface area contributed by atoms with Crippen LogP contribution >= 0.6 is 34.7 Å². The lowest BCUT2D eigenvalue weighted by Crippen LogP contribution is -2.16. The summed E-state index contributed by atoms with van der Waals surface area (Å²) in [6, 6.07) is 8.98. The van der Waals surface area contributed by atoms with E-state index in [9.17, 15) is 9.59 Å². The van der Waals surface area contributed by atoms with Gasteiger partial charge in [-0.15, -0.1) is 21.5 Å². The molecule has 2 aromatic heterocycles. The molecule has 0 aliphatic carbocycles. The number of hydrogen-bond acceptors (Lipinski definition) is 8. The summed E-state index contributed by atoms with van der Waals surface area (Å²) in [6.07, 6.45) is 0.369. The van der Waals surface area contributed by atoms with E-state index in [0.29, 0.717) is 32.3 Å². The van der Waals surface area contributed by atoms with Crippen molar-refractivity contribution in [3.05, 3.63) is 51.6 Å². The molecule has 0 radical (unpaired) electrons. The molecule has 1 N–H and O–H groups in total. The lowest BCUT2D eigenvalue weighted by atomic mass is 10.2. The molecule has 11 heteroatoms. The van der Waals surface area contributed by atoms with E-state index >= 15 is 0 Å². The fourth-order valence-electron chi connectivity index (χ4n) is 2.95. The van der Waals surface area contributed by atoms with E-state index in [4.69, 9.17) is 21.1 Å². The number of esters is 1. The average molecular weight is 509 g/mol. The SMILES string of the molecule is CCOC(=O)c1cc(CC)sc1NC(=O)CSc1nnc(C(C)Oc2ccccc2Cl)n1C. The average Bonchev–Trinajstić information content (AvgIpc) is 3.37. The first-order valence-electron chi connectivity index (χ1n) is 10.4. The Balaban J connectivity index is 1.62. The summed E-state index contributed by atoms with van der Waals surface area (Å²) >= 11 is 8.78. The molecule has 0 aliphatic rings. The molecule has 3 aromatic rings. The van der Waals surface area contributed by atoms with Gasteiger partial charge in [0.15, 0.2) is 17.1 Å². The van der Waals surface area contributed by atoms with E-state index in [1.807, 2.05) is 33.0 Å². The normalized spacial score (nSPS) is 11.8. The molecule has 0 bridgehead atoms. The standard InChI is InChI=1S/C22H25ClN4O4S2/c1-5-14-11-15(21(29)30-6-2)20(33-14)24-18(28)12-32-22-26-25-19(27(22)4)13(3)31-17-10-8-7-9-16(17)23/h7-11,13H,5-6,12H2,1-4H3,(H,24,28). The van der Waals surface area contributed by atoms with E-state index < -0.39 is 12.1 Å².